The predicted octanol–water partition coefficient (Wildman–Crippen LogP) is 7.59. The average Bonchev–Trinajstić information content (AvgIpc) is 3.20. The molecule has 186 valence electrons. The molecule has 1 amide bonds. The molecule has 0 aliphatic heterocycles. The third-order valence-corrected chi connectivity index (χ3v) is 6.38. The maximum Gasteiger partial charge on any atom is 0.390 e. The number of hydrogen-bond donors (Lipinski definition) is 1. The van der Waals surface area contributed by atoms with Gasteiger partial charge < -0.3 is 14.8 Å². The van der Waals surface area contributed by atoms with Crippen LogP contribution in [-0.2, 0) is 4.79 Å². The topological polar surface area (TPSA) is 47.6 Å². The van der Waals surface area contributed by atoms with E-state index in [0.29, 0.717) is 22.8 Å². The van der Waals surface area contributed by atoms with E-state index in [1.54, 1.807) is 43.5 Å². The van der Waals surface area contributed by atoms with E-state index >= 15 is 0 Å². The van der Waals surface area contributed by atoms with Gasteiger partial charge in [0.2, 0.25) is 5.91 Å². The molecule has 0 unspecified atom stereocenters. The lowest BCUT2D eigenvalue weighted by Gasteiger charge is -2.09. The van der Waals surface area contributed by atoms with Crippen molar-refractivity contribution in [2.24, 2.45) is 0 Å². The van der Waals surface area contributed by atoms with Crippen molar-refractivity contribution >= 4 is 33.4 Å². The van der Waals surface area contributed by atoms with Crippen LogP contribution in [0.2, 0.25) is 0 Å². The van der Waals surface area contributed by atoms with Gasteiger partial charge >= 0.3 is 6.18 Å². The van der Waals surface area contributed by atoms with Crippen molar-refractivity contribution in [1.29, 1.82) is 0 Å². The Labute approximate surface area is 208 Å². The molecule has 4 nitrogen and oxygen atoms in total. The van der Waals surface area contributed by atoms with E-state index < -0.39 is 25.0 Å². The minimum atomic E-state index is -4.32. The highest BCUT2D eigenvalue weighted by atomic mass is 32.1. The minimum absolute atomic E-state index is 0.332. The summed E-state index contributed by atoms with van der Waals surface area (Å²) in [6.45, 7) is -0.476. The Hall–Kier alpha value is -3.85. The van der Waals surface area contributed by atoms with Crippen molar-refractivity contribution in [2.45, 2.75) is 12.6 Å². The number of benzene rings is 3. The normalized spacial score (nSPS) is 11.7. The van der Waals surface area contributed by atoms with Crippen LogP contribution in [0.4, 0.5) is 17.6 Å². The van der Waals surface area contributed by atoms with Gasteiger partial charge in [-0.1, -0.05) is 24.3 Å². The molecular formula is C27H21F4NO3S. The monoisotopic (exact) mass is 515 g/mol. The zero-order valence-electron chi connectivity index (χ0n) is 19.1. The molecule has 0 aliphatic carbocycles. The summed E-state index contributed by atoms with van der Waals surface area (Å²) in [5.74, 6) is 0.933. The highest BCUT2D eigenvalue weighted by molar-refractivity contribution is 7.22. The van der Waals surface area contributed by atoms with E-state index in [2.05, 4.69) is 5.32 Å². The maximum absolute atomic E-state index is 13.5. The smallest absolute Gasteiger partial charge is 0.390 e. The Morgan fingerprint density at radius 2 is 1.69 bits per heavy atom. The molecule has 9 heteroatoms. The van der Waals surface area contributed by atoms with Gasteiger partial charge in [0.05, 0.1) is 18.4 Å². The van der Waals surface area contributed by atoms with Crippen molar-refractivity contribution in [2.75, 3.05) is 13.7 Å². The Bertz CT molecular complexity index is 1380. The molecule has 4 aromatic rings. The fourth-order valence-corrected chi connectivity index (χ4v) is 4.56. The highest BCUT2D eigenvalue weighted by Crippen LogP contribution is 2.47. The second-order valence-corrected chi connectivity index (χ2v) is 8.84. The van der Waals surface area contributed by atoms with Crippen LogP contribution in [0.3, 0.4) is 0 Å². The second kappa shape index (κ2) is 10.8. The van der Waals surface area contributed by atoms with Crippen LogP contribution in [0.5, 0.6) is 17.2 Å². The van der Waals surface area contributed by atoms with E-state index in [4.69, 9.17) is 9.47 Å². The number of nitrogens with one attached hydrogen (secondary N) is 1. The largest absolute Gasteiger partial charge is 0.497 e. The first-order valence-corrected chi connectivity index (χ1v) is 11.7. The van der Waals surface area contributed by atoms with Gasteiger partial charge in [-0.15, -0.1) is 11.3 Å². The molecule has 0 spiro atoms. The molecule has 0 fully saturated rings. The van der Waals surface area contributed by atoms with Gasteiger partial charge in [-0.3, -0.25) is 4.79 Å². The summed E-state index contributed by atoms with van der Waals surface area (Å²) >= 11 is 1.50. The summed E-state index contributed by atoms with van der Waals surface area (Å²) in [5, 5.41) is 3.07. The molecule has 0 aliphatic rings. The van der Waals surface area contributed by atoms with E-state index in [1.807, 2.05) is 18.2 Å². The lowest BCUT2D eigenvalue weighted by atomic mass is 10.1. The standard InChI is InChI=1S/C27H21F4NO3S/c1-34-21-11-12-22-23(16-21)36-26(18-5-7-19(28)8-6-18)25(22)35-20-9-2-17(3-10-20)4-13-24(33)32-15-14-27(29,30)31/h2-13,16H,14-15H2,1H3,(H,32,33). The van der Waals surface area contributed by atoms with Crippen LogP contribution in [0.1, 0.15) is 12.0 Å². The number of halogens is 4. The number of methoxy groups -OCH3 is 1. The van der Waals surface area contributed by atoms with Gasteiger partial charge in [-0.25, -0.2) is 4.39 Å². The van der Waals surface area contributed by atoms with Gasteiger partial charge in [-0.05, 0) is 59.7 Å². The van der Waals surface area contributed by atoms with E-state index in [-0.39, 0.29) is 5.82 Å². The van der Waals surface area contributed by atoms with E-state index in [9.17, 15) is 22.4 Å². The first-order valence-electron chi connectivity index (χ1n) is 10.9. The number of carbonyl (C=O) groups excluding carboxylic acids is 1. The lowest BCUT2D eigenvalue weighted by Crippen LogP contribution is -2.26. The van der Waals surface area contributed by atoms with E-state index in [1.165, 1.54) is 35.6 Å². The number of fused-ring (bicyclic) bond motifs is 1. The molecule has 1 N–H and O–H groups in total. The minimum Gasteiger partial charge on any atom is -0.497 e. The van der Waals surface area contributed by atoms with Crippen molar-refractivity contribution in [3.05, 3.63) is 84.2 Å². The molecule has 1 heterocycles. The number of carbonyl (C=O) groups is 1. The van der Waals surface area contributed by atoms with Gasteiger partial charge in [0.1, 0.15) is 17.3 Å². The van der Waals surface area contributed by atoms with Crippen LogP contribution in [-0.4, -0.2) is 25.7 Å². The number of thiophene rings is 1. The Balaban J connectivity index is 1.53. The highest BCUT2D eigenvalue weighted by Gasteiger charge is 2.26. The quantitative estimate of drug-likeness (QED) is 0.194. The molecule has 0 saturated heterocycles. The summed E-state index contributed by atoms with van der Waals surface area (Å²) < 4.78 is 62.6. The van der Waals surface area contributed by atoms with Crippen LogP contribution in [0.25, 0.3) is 26.6 Å². The lowest BCUT2D eigenvalue weighted by molar-refractivity contribution is -0.134. The average molecular weight is 516 g/mol. The third kappa shape index (κ3) is 6.42. The SMILES string of the molecule is COc1ccc2c(Oc3ccc(C=CC(=O)NCCC(F)(F)F)cc3)c(-c3ccc(F)cc3)sc2c1. The van der Waals surface area contributed by atoms with Crippen LogP contribution < -0.4 is 14.8 Å². The Kier molecular flexibility index (Phi) is 7.59. The zero-order valence-corrected chi connectivity index (χ0v) is 19.9. The molecule has 0 atom stereocenters. The fraction of sp³-hybridized carbons (Fsp3) is 0.148. The van der Waals surface area contributed by atoms with Crippen molar-refractivity contribution < 1.29 is 31.8 Å². The first kappa shape index (κ1) is 25.2. The van der Waals surface area contributed by atoms with Gasteiger partial charge in [0, 0.05) is 22.7 Å². The number of ether oxygens (including phenoxy) is 2. The van der Waals surface area contributed by atoms with Crippen LogP contribution in [0, 0.1) is 5.82 Å². The summed E-state index contributed by atoms with van der Waals surface area (Å²) in [4.78, 5) is 12.6. The maximum atomic E-state index is 13.5. The molecular weight excluding hydrogens is 494 g/mol. The van der Waals surface area contributed by atoms with Crippen molar-refractivity contribution in [1.82, 2.24) is 5.32 Å². The Morgan fingerprint density at radius 1 is 1.00 bits per heavy atom. The molecule has 0 saturated carbocycles. The zero-order chi connectivity index (χ0) is 25.7. The molecule has 1 aromatic heterocycles. The van der Waals surface area contributed by atoms with Gasteiger partial charge in [0.15, 0.2) is 5.75 Å². The summed E-state index contributed by atoms with van der Waals surface area (Å²) in [6.07, 6.45) is -2.71. The molecule has 36 heavy (non-hydrogen) atoms. The Morgan fingerprint density at radius 3 is 2.36 bits per heavy atom. The number of hydrogen-bond acceptors (Lipinski definition) is 4. The van der Waals surface area contributed by atoms with Gasteiger partial charge in [-0.2, -0.15) is 13.2 Å². The van der Waals surface area contributed by atoms with Crippen LogP contribution >= 0.6 is 11.3 Å². The van der Waals surface area contributed by atoms with Crippen molar-refractivity contribution in [3.8, 4) is 27.7 Å². The molecule has 4 rings (SSSR count). The third-order valence-electron chi connectivity index (χ3n) is 5.19. The summed E-state index contributed by atoms with van der Waals surface area (Å²) in [6, 6.07) is 18.7. The summed E-state index contributed by atoms with van der Waals surface area (Å²) in [7, 11) is 1.59. The number of amides is 1. The molecule has 0 bridgehead atoms. The number of rotatable bonds is 8. The van der Waals surface area contributed by atoms with Gasteiger partial charge in [0.25, 0.3) is 0 Å². The van der Waals surface area contributed by atoms with E-state index in [0.717, 1.165) is 20.5 Å². The second-order valence-electron chi connectivity index (χ2n) is 7.79. The summed E-state index contributed by atoms with van der Waals surface area (Å²) in [5.41, 5.74) is 1.48. The fourth-order valence-electron chi connectivity index (χ4n) is 3.40. The molecule has 3 aromatic carbocycles. The first-order chi connectivity index (χ1) is 17.2. The predicted molar refractivity (Wildman–Crippen MR) is 133 cm³/mol. The molecule has 0 radical (unpaired) electrons. The number of alkyl halides is 3. The van der Waals surface area contributed by atoms with Crippen molar-refractivity contribution in [3.63, 3.8) is 0 Å². The van der Waals surface area contributed by atoms with Crippen LogP contribution in [0.15, 0.2) is 72.8 Å².